The molecule has 6 aromatic rings. The number of benzene rings is 6. The molecule has 2 unspecified atom stereocenters. The zero-order chi connectivity index (χ0) is 45.3. The van der Waals surface area contributed by atoms with Gasteiger partial charge in [-0.3, -0.25) is 0 Å². The minimum atomic E-state index is -5.77. The van der Waals surface area contributed by atoms with Gasteiger partial charge in [-0.2, -0.15) is 0 Å². The van der Waals surface area contributed by atoms with E-state index in [9.17, 15) is 17.0 Å². The first-order valence-electron chi connectivity index (χ1n) is 24.4. The van der Waals surface area contributed by atoms with E-state index >= 15 is 0 Å². The molecule has 329 valence electrons. The number of hydrogen-bond acceptors (Lipinski definition) is 0. The maximum atomic E-state index is 9.61. The van der Waals surface area contributed by atoms with Crippen LogP contribution in [0.5, 0.6) is 0 Å². The van der Waals surface area contributed by atoms with Crippen molar-refractivity contribution in [3.63, 3.8) is 0 Å². The van der Waals surface area contributed by atoms with E-state index in [4.69, 9.17) is 0 Å². The van der Waals surface area contributed by atoms with Gasteiger partial charge >= 0.3 is 399 Å². The van der Waals surface area contributed by atoms with Crippen LogP contribution in [0.2, 0.25) is 0 Å². The average molecular weight is 978 g/mol. The Morgan fingerprint density at radius 2 is 0.938 bits per heavy atom. The Morgan fingerprint density at radius 1 is 0.500 bits per heavy atom. The standard InChI is InChI=1S/2C24H29.C12H9Si.2ClH.Zr/c2*1-6-19-9-7-8-10-22(19)24-21(17(4)5)12-11-20-14-18(13-16(2)3)15-23(20)24;1-3-7-11-9(5-1)10-6-2-4-8-12(10)13-11;;;/h2*7-12,14-17H,6,13H2,1-5H3;1-7H,13H2;2*1H;/q;;;;;+2/p-2. The summed E-state index contributed by atoms with van der Waals surface area (Å²) >= 11 is -5.77. The summed E-state index contributed by atoms with van der Waals surface area (Å²) in [6.45, 7) is 23.5. The predicted octanol–water partition coefficient (Wildman–Crippen LogP) is 15.5. The van der Waals surface area contributed by atoms with E-state index in [0.717, 1.165) is 25.7 Å². The molecule has 9 rings (SSSR count). The zero-order valence-electron chi connectivity index (χ0n) is 39.9. The summed E-state index contributed by atoms with van der Waals surface area (Å²) in [4.78, 5) is 0. The van der Waals surface area contributed by atoms with Gasteiger partial charge in [0.25, 0.3) is 0 Å². The maximum absolute atomic E-state index is 9.61. The molecule has 0 radical (unpaired) electrons. The molecule has 0 amide bonds. The quantitative estimate of drug-likeness (QED) is 0.101. The molecule has 0 nitrogen and oxygen atoms in total. The van der Waals surface area contributed by atoms with Crippen LogP contribution in [0.3, 0.4) is 0 Å². The van der Waals surface area contributed by atoms with Gasteiger partial charge < -0.3 is 0 Å². The molecule has 3 aliphatic rings. The summed E-state index contributed by atoms with van der Waals surface area (Å²) < 4.78 is 1.10. The van der Waals surface area contributed by atoms with Crippen LogP contribution in [0.25, 0.3) is 45.5 Å². The van der Waals surface area contributed by atoms with E-state index in [1.54, 1.807) is 0 Å². The number of halogens is 2. The van der Waals surface area contributed by atoms with Gasteiger partial charge in [-0.05, 0) is 0 Å². The van der Waals surface area contributed by atoms with Crippen LogP contribution in [0, 0.1) is 11.8 Å². The summed E-state index contributed by atoms with van der Waals surface area (Å²) in [5, 5.41) is 2.99. The Kier molecular flexibility index (Phi) is 12.6. The second-order valence-electron chi connectivity index (χ2n) is 20.7. The number of hydrogen-bond donors (Lipinski definition) is 0. The van der Waals surface area contributed by atoms with Crippen LogP contribution in [0.1, 0.15) is 146 Å². The molecule has 0 fully saturated rings. The third kappa shape index (κ3) is 7.41. The van der Waals surface area contributed by atoms with Crippen molar-refractivity contribution in [3.05, 3.63) is 171 Å². The van der Waals surface area contributed by atoms with E-state index in [1.807, 2.05) is 0 Å². The molecule has 0 N–H and O–H groups in total. The molecule has 64 heavy (non-hydrogen) atoms. The van der Waals surface area contributed by atoms with Crippen LogP contribution in [-0.4, -0.2) is 9.52 Å². The van der Waals surface area contributed by atoms with Gasteiger partial charge in [-0.25, -0.2) is 0 Å². The first kappa shape index (κ1) is 45.6. The van der Waals surface area contributed by atoms with Crippen molar-refractivity contribution in [3.8, 4) is 33.4 Å². The van der Waals surface area contributed by atoms with Crippen molar-refractivity contribution in [1.82, 2.24) is 0 Å². The summed E-state index contributed by atoms with van der Waals surface area (Å²) in [6.07, 6.45) is 9.06. The van der Waals surface area contributed by atoms with Gasteiger partial charge in [0.2, 0.25) is 0 Å². The van der Waals surface area contributed by atoms with Gasteiger partial charge in [0, 0.05) is 0 Å². The van der Waals surface area contributed by atoms with Crippen molar-refractivity contribution < 1.29 is 16.4 Å². The predicted molar refractivity (Wildman–Crippen MR) is 282 cm³/mol. The average Bonchev–Trinajstić information content (AvgIpc) is 3.96. The van der Waals surface area contributed by atoms with Gasteiger partial charge in [0.15, 0.2) is 0 Å². The van der Waals surface area contributed by atoms with Crippen LogP contribution in [0.4, 0.5) is 0 Å². The third-order valence-electron chi connectivity index (χ3n) is 14.9. The van der Waals surface area contributed by atoms with E-state index < -0.39 is 25.9 Å². The summed E-state index contributed by atoms with van der Waals surface area (Å²) in [6, 6.07) is 44.4. The molecule has 2 atom stereocenters. The number of rotatable bonds is 13. The third-order valence-corrected chi connectivity index (χ3v) is 37.7. The molecule has 6 aromatic carbocycles. The van der Waals surface area contributed by atoms with Crippen molar-refractivity contribution in [2.75, 3.05) is 0 Å². The Morgan fingerprint density at radius 3 is 1.39 bits per heavy atom. The van der Waals surface area contributed by atoms with E-state index in [2.05, 4.69) is 197 Å². The Hall–Kier alpha value is -3.52. The molecule has 1 heterocycles. The second kappa shape index (κ2) is 17.6. The molecule has 4 heteroatoms. The van der Waals surface area contributed by atoms with Gasteiger partial charge in [0.1, 0.15) is 0 Å². The fraction of sp³-hybridized carbons (Fsp3) is 0.333. The topological polar surface area (TPSA) is 0 Å². The zero-order valence-corrected chi connectivity index (χ0v) is 45.3. The van der Waals surface area contributed by atoms with Gasteiger partial charge in [-0.15, -0.1) is 0 Å². The molecular weight excluding hydrogens is 911 g/mol. The summed E-state index contributed by atoms with van der Waals surface area (Å²) in [7, 11) is 18.3. The monoisotopic (exact) mass is 975 g/mol. The van der Waals surface area contributed by atoms with E-state index in [0.29, 0.717) is 23.7 Å². The van der Waals surface area contributed by atoms with Crippen molar-refractivity contribution >= 4 is 52.3 Å². The van der Waals surface area contributed by atoms with E-state index in [1.165, 1.54) is 103 Å². The molecule has 1 aliphatic heterocycles. The van der Waals surface area contributed by atoms with Crippen LogP contribution in [-0.2, 0) is 29.2 Å². The number of aryl methyl sites for hydroxylation is 2. The van der Waals surface area contributed by atoms with E-state index in [-0.39, 0.29) is 7.25 Å². The minimum absolute atomic E-state index is 0.109. The van der Waals surface area contributed by atoms with Crippen LogP contribution in [0.15, 0.2) is 126 Å². The Labute approximate surface area is 395 Å². The van der Waals surface area contributed by atoms with Gasteiger partial charge in [0.05, 0.1) is 0 Å². The molecule has 0 aromatic heterocycles. The molecule has 0 bridgehead atoms. The first-order chi connectivity index (χ1) is 30.7. The van der Waals surface area contributed by atoms with Crippen LogP contribution < -0.4 is 13.6 Å². The molecular formula is C60H67Cl2SiZr. The van der Waals surface area contributed by atoms with Crippen molar-refractivity contribution in [1.29, 1.82) is 0 Å². The molecule has 2 aliphatic carbocycles. The number of allylic oxidation sites excluding steroid dienone is 2. The Balaban J connectivity index is 1.43. The SMILES string of the molecule is CCc1ccccc1-c1c(C(C)C)ccc2c1C=C(CC(C)C)[CH]2[Zr]([Cl])([Cl])([c]1cccc2c1[SiH2]c1ccccc1-2)[CH]1C(CC(C)C)=Cc2c1ccc(C(C)C)c2-c1ccccc1CC. The summed E-state index contributed by atoms with van der Waals surface area (Å²) in [5.74, 6) is 1.56. The fourth-order valence-corrected chi connectivity index (χ4v) is 40.2. The molecule has 0 spiro atoms. The van der Waals surface area contributed by atoms with Gasteiger partial charge in [-0.1, -0.05) is 0 Å². The normalized spacial score (nSPS) is 17.5. The molecule has 0 saturated carbocycles. The Bertz CT molecular complexity index is 2710. The number of fused-ring (bicyclic) bond motifs is 5. The second-order valence-corrected chi connectivity index (χ2v) is 43.1. The van der Waals surface area contributed by atoms with Crippen molar-refractivity contribution in [2.45, 2.75) is 114 Å². The fourth-order valence-electron chi connectivity index (χ4n) is 12.4. The molecule has 0 saturated heterocycles. The summed E-state index contributed by atoms with van der Waals surface area (Å²) in [5.41, 5.74) is 22.0. The first-order valence-corrected chi connectivity index (χ1v) is 36.2. The van der Waals surface area contributed by atoms with Crippen molar-refractivity contribution in [2.24, 2.45) is 11.8 Å². The van der Waals surface area contributed by atoms with Crippen LogP contribution >= 0.6 is 17.0 Å².